The number of carbonyl (C=O) groups is 5. The molecule has 2 saturated heterocycles. The lowest BCUT2D eigenvalue weighted by atomic mass is 10.1. The second-order valence-electron chi connectivity index (χ2n) is 7.61. The maximum atomic E-state index is 12.9. The molecule has 2 aromatic carbocycles. The minimum absolute atomic E-state index is 0.0416. The van der Waals surface area contributed by atoms with Gasteiger partial charge in [-0.3, -0.25) is 24.6 Å². The third kappa shape index (κ3) is 4.72. The molecule has 0 aromatic heterocycles. The zero-order valence-electron chi connectivity index (χ0n) is 17.2. The number of urea groups is 1. The van der Waals surface area contributed by atoms with E-state index in [4.69, 9.17) is 0 Å². The molecule has 0 aliphatic carbocycles. The van der Waals surface area contributed by atoms with E-state index in [9.17, 15) is 29.1 Å². The first kappa shape index (κ1) is 22.5. The number of amides is 5. The molecule has 10 nitrogen and oxygen atoms in total. The fraction of sp³-hybridized carbons (Fsp3) is 0.227. The second kappa shape index (κ2) is 9.02. The Kier molecular flexibility index (Phi) is 6.14. The first-order chi connectivity index (χ1) is 15.7. The van der Waals surface area contributed by atoms with E-state index in [2.05, 4.69) is 26.6 Å². The van der Waals surface area contributed by atoms with Gasteiger partial charge in [-0.2, -0.15) is 0 Å². The van der Waals surface area contributed by atoms with Crippen LogP contribution < -0.4 is 20.4 Å². The number of carboxylic acids is 1. The summed E-state index contributed by atoms with van der Waals surface area (Å²) in [4.78, 5) is 63.3. The van der Waals surface area contributed by atoms with E-state index in [0.29, 0.717) is 28.8 Å². The molecule has 4 rings (SSSR count). The zero-order chi connectivity index (χ0) is 23.7. The first-order valence-electron chi connectivity index (χ1n) is 10.1. The van der Waals surface area contributed by atoms with Crippen LogP contribution in [0.2, 0.25) is 0 Å². The van der Waals surface area contributed by atoms with Gasteiger partial charge >= 0.3 is 12.0 Å². The van der Waals surface area contributed by atoms with Crippen LogP contribution in [0.4, 0.5) is 16.2 Å². The van der Waals surface area contributed by atoms with Crippen LogP contribution in [0.25, 0.3) is 0 Å². The summed E-state index contributed by atoms with van der Waals surface area (Å²) in [6.07, 6.45) is 0.517. The maximum absolute atomic E-state index is 12.9. The molecule has 2 aliphatic heterocycles. The monoisotopic (exact) mass is 514 g/mol. The Balaban J connectivity index is 1.47. The molecule has 2 aromatic rings. The zero-order valence-corrected chi connectivity index (χ0v) is 18.8. The Morgan fingerprint density at radius 1 is 1.00 bits per heavy atom. The number of hydrogen-bond acceptors (Lipinski definition) is 5. The van der Waals surface area contributed by atoms with E-state index in [1.54, 1.807) is 24.3 Å². The third-order valence-electron chi connectivity index (χ3n) is 5.43. The molecule has 1 atom stereocenters. The highest BCUT2D eigenvalue weighted by Gasteiger charge is 2.34. The largest absolute Gasteiger partial charge is 0.478 e. The molecule has 5 amide bonds. The van der Waals surface area contributed by atoms with E-state index >= 15 is 0 Å². The van der Waals surface area contributed by atoms with Crippen LogP contribution >= 0.6 is 15.9 Å². The van der Waals surface area contributed by atoms with Gasteiger partial charge in [0.05, 0.1) is 5.56 Å². The minimum atomic E-state index is -1.11. The van der Waals surface area contributed by atoms with Crippen LogP contribution in [0.3, 0.4) is 0 Å². The lowest BCUT2D eigenvalue weighted by Gasteiger charge is -2.26. The Morgan fingerprint density at radius 2 is 1.76 bits per heavy atom. The number of nitrogens with one attached hydrogen (secondary N) is 2. The molecule has 11 heteroatoms. The maximum Gasteiger partial charge on any atom is 0.335 e. The molecule has 0 bridgehead atoms. The van der Waals surface area contributed by atoms with E-state index < -0.39 is 23.9 Å². The van der Waals surface area contributed by atoms with Gasteiger partial charge in [-0.1, -0.05) is 22.0 Å². The Hall–Kier alpha value is -3.73. The highest BCUT2D eigenvalue weighted by Crippen LogP contribution is 2.27. The van der Waals surface area contributed by atoms with Crippen molar-refractivity contribution in [3.63, 3.8) is 0 Å². The summed E-state index contributed by atoms with van der Waals surface area (Å²) in [6, 6.07) is 9.53. The Morgan fingerprint density at radius 3 is 2.48 bits per heavy atom. The number of carboxylic acid groups (broad SMARTS) is 1. The van der Waals surface area contributed by atoms with Crippen molar-refractivity contribution in [3.8, 4) is 0 Å². The van der Waals surface area contributed by atoms with Gasteiger partial charge in [0, 0.05) is 40.9 Å². The van der Waals surface area contributed by atoms with Gasteiger partial charge in [0.2, 0.25) is 11.8 Å². The van der Waals surface area contributed by atoms with Crippen molar-refractivity contribution in [1.82, 2.24) is 10.6 Å². The summed E-state index contributed by atoms with van der Waals surface area (Å²) < 4.78 is 0.526. The summed E-state index contributed by atoms with van der Waals surface area (Å²) in [5.41, 5.74) is 1.19. The normalized spacial score (nSPS) is 18.3. The smallest absolute Gasteiger partial charge is 0.335 e. The first-order valence-corrected chi connectivity index (χ1v) is 10.9. The van der Waals surface area contributed by atoms with Gasteiger partial charge in [0.1, 0.15) is 6.04 Å². The molecule has 0 spiro atoms. The fourth-order valence-corrected chi connectivity index (χ4v) is 4.27. The molecule has 2 fully saturated rings. The highest BCUT2D eigenvalue weighted by molar-refractivity contribution is 9.10. The molecular weight excluding hydrogens is 496 g/mol. The van der Waals surface area contributed by atoms with Gasteiger partial charge in [0.15, 0.2) is 0 Å². The number of benzene rings is 2. The van der Waals surface area contributed by atoms with Crippen molar-refractivity contribution >= 4 is 57.0 Å². The second-order valence-corrected chi connectivity index (χ2v) is 8.53. The molecule has 1 unspecified atom stereocenters. The van der Waals surface area contributed by atoms with Crippen LogP contribution in [-0.2, 0) is 9.59 Å². The third-order valence-corrected chi connectivity index (χ3v) is 5.88. The summed E-state index contributed by atoms with van der Waals surface area (Å²) in [7, 11) is 0. The fourth-order valence-electron chi connectivity index (χ4n) is 3.79. The van der Waals surface area contributed by atoms with Gasteiger partial charge in [-0.15, -0.1) is 0 Å². The van der Waals surface area contributed by atoms with Crippen molar-refractivity contribution in [3.05, 3.63) is 58.1 Å². The number of halogens is 1. The average Bonchev–Trinajstić information content (AvgIpc) is 3.13. The number of nitrogens with zero attached hydrogens (tertiary/aromatic N) is 2. The topological polar surface area (TPSA) is 136 Å². The summed E-state index contributed by atoms with van der Waals surface area (Å²) in [5, 5.41) is 14.2. The van der Waals surface area contributed by atoms with E-state index in [1.165, 1.54) is 28.0 Å². The molecule has 0 radical (unpaired) electrons. The number of rotatable bonds is 5. The predicted molar refractivity (Wildman–Crippen MR) is 121 cm³/mol. The van der Waals surface area contributed by atoms with Gasteiger partial charge in [-0.25, -0.2) is 9.59 Å². The van der Waals surface area contributed by atoms with E-state index in [-0.39, 0.29) is 35.9 Å². The molecule has 33 heavy (non-hydrogen) atoms. The van der Waals surface area contributed by atoms with Crippen LogP contribution in [0.15, 0.2) is 46.9 Å². The quantitative estimate of drug-likeness (QED) is 0.559. The van der Waals surface area contributed by atoms with Crippen molar-refractivity contribution in [2.24, 2.45) is 0 Å². The van der Waals surface area contributed by atoms with Crippen LogP contribution in [0.1, 0.15) is 33.6 Å². The number of anilines is 2. The van der Waals surface area contributed by atoms with Crippen molar-refractivity contribution in [2.45, 2.75) is 18.9 Å². The van der Waals surface area contributed by atoms with Crippen molar-refractivity contribution in [1.29, 1.82) is 0 Å². The highest BCUT2D eigenvalue weighted by atomic mass is 79.9. The lowest BCUT2D eigenvalue weighted by Crippen LogP contribution is -2.49. The minimum Gasteiger partial charge on any atom is -0.478 e. The lowest BCUT2D eigenvalue weighted by molar-refractivity contribution is -0.120. The average molecular weight is 515 g/mol. The van der Waals surface area contributed by atoms with Crippen molar-refractivity contribution in [2.75, 3.05) is 22.9 Å². The van der Waals surface area contributed by atoms with E-state index in [1.807, 2.05) is 0 Å². The van der Waals surface area contributed by atoms with Crippen LogP contribution in [0.5, 0.6) is 0 Å². The van der Waals surface area contributed by atoms with Gasteiger partial charge in [-0.05, 0) is 42.8 Å². The number of imide groups is 1. The van der Waals surface area contributed by atoms with E-state index in [0.717, 1.165) is 0 Å². The molecule has 170 valence electrons. The SMILES string of the molecule is O=C1CCN(c2cccc(C(=O)NC3CCN(c4cc(Br)cc(C(=O)O)c4)C3=O)c2)C(=O)N1. The van der Waals surface area contributed by atoms with Crippen LogP contribution in [0, 0.1) is 0 Å². The number of carbonyl (C=O) groups excluding carboxylic acids is 4. The molecule has 2 aliphatic rings. The number of aromatic carboxylic acids is 1. The van der Waals surface area contributed by atoms with Crippen LogP contribution in [-0.4, -0.2) is 54.0 Å². The summed E-state index contributed by atoms with van der Waals surface area (Å²) in [5.74, 6) is -2.29. The van der Waals surface area contributed by atoms with Gasteiger partial charge < -0.3 is 15.3 Å². The molecule has 3 N–H and O–H groups in total. The molecular formula is C22H19BrN4O6. The summed E-state index contributed by atoms with van der Waals surface area (Å²) in [6.45, 7) is 0.526. The van der Waals surface area contributed by atoms with Crippen molar-refractivity contribution < 1.29 is 29.1 Å². The number of hydrogen-bond donors (Lipinski definition) is 3. The molecule has 2 heterocycles. The standard InChI is InChI=1S/C22H19BrN4O6/c23-14-8-13(21(31)32)10-16(11-14)26-6-4-17(20(26)30)24-19(29)12-2-1-3-15(9-12)27-7-5-18(28)25-22(27)33/h1-3,8-11,17H,4-7H2,(H,24,29)(H,31,32)(H,25,28,33). The van der Waals surface area contributed by atoms with Gasteiger partial charge in [0.25, 0.3) is 5.91 Å². The Bertz CT molecular complexity index is 1180. The predicted octanol–water partition coefficient (Wildman–Crippen LogP) is 2.13. The Labute approximate surface area is 196 Å². The molecule has 0 saturated carbocycles. The summed E-state index contributed by atoms with van der Waals surface area (Å²) >= 11 is 3.26.